The number of benzene rings is 2. The molecular weight excluding hydrogens is 376 g/mol. The van der Waals surface area contributed by atoms with Gasteiger partial charge in [-0.25, -0.2) is 0 Å². The van der Waals surface area contributed by atoms with Gasteiger partial charge in [-0.15, -0.1) is 0 Å². The van der Waals surface area contributed by atoms with Gasteiger partial charge < -0.3 is 14.8 Å². The molecule has 0 aliphatic carbocycles. The maximum absolute atomic E-state index is 12.7. The smallest absolute Gasteiger partial charge is 0.244 e. The fourth-order valence-electron chi connectivity index (χ4n) is 3.00. The molecular formula is C25H26N2O3. The summed E-state index contributed by atoms with van der Waals surface area (Å²) in [5.41, 5.74) is 2.60. The van der Waals surface area contributed by atoms with Gasteiger partial charge in [-0.3, -0.25) is 9.78 Å². The van der Waals surface area contributed by atoms with Crippen LogP contribution < -0.4 is 14.8 Å². The van der Waals surface area contributed by atoms with Crippen molar-refractivity contribution in [2.24, 2.45) is 0 Å². The molecule has 1 atom stereocenters. The zero-order chi connectivity index (χ0) is 21.2. The van der Waals surface area contributed by atoms with Gasteiger partial charge in [0.25, 0.3) is 0 Å². The molecule has 0 spiro atoms. The number of nitrogens with zero attached hydrogens (tertiary/aromatic N) is 1. The van der Waals surface area contributed by atoms with Crippen LogP contribution in [0.2, 0.25) is 0 Å². The van der Waals surface area contributed by atoms with Crippen LogP contribution in [0.1, 0.15) is 36.2 Å². The highest BCUT2D eigenvalue weighted by molar-refractivity contribution is 5.92. The molecule has 0 saturated heterocycles. The Labute approximate surface area is 177 Å². The second kappa shape index (κ2) is 10.8. The van der Waals surface area contributed by atoms with Crippen molar-refractivity contribution in [2.45, 2.75) is 19.4 Å². The molecule has 1 unspecified atom stereocenters. The van der Waals surface area contributed by atoms with Crippen molar-refractivity contribution >= 4 is 12.0 Å². The van der Waals surface area contributed by atoms with Crippen LogP contribution in [-0.4, -0.2) is 24.6 Å². The summed E-state index contributed by atoms with van der Waals surface area (Å²) in [6.45, 7) is 2.68. The van der Waals surface area contributed by atoms with Gasteiger partial charge in [0.1, 0.15) is 0 Å². The largest absolute Gasteiger partial charge is 0.493 e. The van der Waals surface area contributed by atoms with E-state index in [-0.39, 0.29) is 11.9 Å². The van der Waals surface area contributed by atoms with Crippen LogP contribution >= 0.6 is 0 Å². The van der Waals surface area contributed by atoms with E-state index in [1.54, 1.807) is 19.4 Å². The van der Waals surface area contributed by atoms with Crippen molar-refractivity contribution in [2.75, 3.05) is 13.7 Å². The number of nitrogens with one attached hydrogen (secondary N) is 1. The number of hydrogen-bond donors (Lipinski definition) is 1. The Balaban J connectivity index is 1.75. The first-order valence-corrected chi connectivity index (χ1v) is 9.96. The normalized spacial score (nSPS) is 11.8. The van der Waals surface area contributed by atoms with Gasteiger partial charge in [0.2, 0.25) is 5.91 Å². The molecule has 0 aliphatic rings. The summed E-state index contributed by atoms with van der Waals surface area (Å²) in [5, 5.41) is 3.04. The number of aromatic nitrogens is 1. The average Bonchev–Trinajstić information content (AvgIpc) is 2.81. The summed E-state index contributed by atoms with van der Waals surface area (Å²) < 4.78 is 11.1. The van der Waals surface area contributed by atoms with Crippen molar-refractivity contribution in [1.29, 1.82) is 0 Å². The highest BCUT2D eigenvalue weighted by Crippen LogP contribution is 2.28. The maximum atomic E-state index is 12.7. The van der Waals surface area contributed by atoms with E-state index in [0.717, 1.165) is 23.2 Å². The van der Waals surface area contributed by atoms with E-state index in [1.807, 2.05) is 66.7 Å². The molecule has 3 rings (SSSR count). The number of methoxy groups -OCH3 is 1. The minimum absolute atomic E-state index is 0.209. The van der Waals surface area contributed by atoms with Gasteiger partial charge in [-0.2, -0.15) is 0 Å². The first kappa shape index (κ1) is 21.1. The monoisotopic (exact) mass is 402 g/mol. The molecule has 0 radical (unpaired) electrons. The summed E-state index contributed by atoms with van der Waals surface area (Å²) in [6.07, 6.45) is 5.91. The average molecular weight is 402 g/mol. The number of ether oxygens (including phenoxy) is 2. The molecule has 1 heterocycles. The van der Waals surface area contributed by atoms with Crippen molar-refractivity contribution in [3.05, 3.63) is 95.8 Å². The van der Waals surface area contributed by atoms with E-state index in [1.165, 1.54) is 6.08 Å². The van der Waals surface area contributed by atoms with Gasteiger partial charge in [-0.1, -0.05) is 49.4 Å². The Morgan fingerprint density at radius 3 is 2.57 bits per heavy atom. The first-order chi connectivity index (χ1) is 14.7. The van der Waals surface area contributed by atoms with Crippen LogP contribution in [0.25, 0.3) is 6.08 Å². The Bertz CT molecular complexity index is 933. The lowest BCUT2D eigenvalue weighted by Gasteiger charge is -2.18. The molecule has 30 heavy (non-hydrogen) atoms. The third-order valence-corrected chi connectivity index (χ3v) is 4.48. The van der Waals surface area contributed by atoms with E-state index < -0.39 is 0 Å². The zero-order valence-electron chi connectivity index (χ0n) is 17.2. The van der Waals surface area contributed by atoms with Gasteiger partial charge in [0.15, 0.2) is 11.5 Å². The Hall–Kier alpha value is -3.60. The Morgan fingerprint density at radius 1 is 1.07 bits per heavy atom. The van der Waals surface area contributed by atoms with Crippen molar-refractivity contribution in [1.82, 2.24) is 10.3 Å². The molecule has 154 valence electrons. The number of hydrogen-bond acceptors (Lipinski definition) is 4. The molecule has 3 aromatic rings. The maximum Gasteiger partial charge on any atom is 0.244 e. The third-order valence-electron chi connectivity index (χ3n) is 4.48. The second-order valence-corrected chi connectivity index (χ2v) is 6.70. The van der Waals surface area contributed by atoms with E-state index in [4.69, 9.17) is 9.47 Å². The fraction of sp³-hybridized carbons (Fsp3) is 0.200. The van der Waals surface area contributed by atoms with Gasteiger partial charge in [0.05, 0.1) is 25.5 Å². The molecule has 2 aromatic carbocycles. The first-order valence-electron chi connectivity index (χ1n) is 9.96. The zero-order valence-corrected chi connectivity index (χ0v) is 17.2. The minimum Gasteiger partial charge on any atom is -0.493 e. The van der Waals surface area contributed by atoms with Crippen LogP contribution in [0.4, 0.5) is 0 Å². The predicted molar refractivity (Wildman–Crippen MR) is 118 cm³/mol. The SMILES string of the molecule is CCCOc1ccc(/C=C/C(=O)NC(c2ccccc2)c2ccccn2)cc1OC. The van der Waals surface area contributed by atoms with Crippen LogP contribution in [0.15, 0.2) is 79.0 Å². The number of amides is 1. The number of pyridine rings is 1. The van der Waals surface area contributed by atoms with Crippen LogP contribution in [0.3, 0.4) is 0 Å². The molecule has 0 saturated carbocycles. The molecule has 1 amide bonds. The van der Waals surface area contributed by atoms with Crippen molar-refractivity contribution < 1.29 is 14.3 Å². The number of carbonyl (C=O) groups is 1. The highest BCUT2D eigenvalue weighted by Gasteiger charge is 2.16. The summed E-state index contributed by atoms with van der Waals surface area (Å²) in [7, 11) is 1.60. The lowest BCUT2D eigenvalue weighted by molar-refractivity contribution is -0.116. The van der Waals surface area contributed by atoms with Crippen molar-refractivity contribution in [3.63, 3.8) is 0 Å². The second-order valence-electron chi connectivity index (χ2n) is 6.70. The van der Waals surface area contributed by atoms with E-state index >= 15 is 0 Å². The van der Waals surface area contributed by atoms with E-state index in [0.29, 0.717) is 18.1 Å². The van der Waals surface area contributed by atoms with Crippen LogP contribution in [-0.2, 0) is 4.79 Å². The molecule has 0 bridgehead atoms. The van der Waals surface area contributed by atoms with Gasteiger partial charge in [0, 0.05) is 12.3 Å². The lowest BCUT2D eigenvalue weighted by atomic mass is 10.0. The van der Waals surface area contributed by atoms with E-state index in [9.17, 15) is 4.79 Å². The third kappa shape index (κ3) is 5.70. The highest BCUT2D eigenvalue weighted by atomic mass is 16.5. The summed E-state index contributed by atoms with van der Waals surface area (Å²) >= 11 is 0. The Kier molecular flexibility index (Phi) is 7.61. The fourth-order valence-corrected chi connectivity index (χ4v) is 3.00. The van der Waals surface area contributed by atoms with Gasteiger partial charge >= 0.3 is 0 Å². The predicted octanol–water partition coefficient (Wildman–Crippen LogP) is 4.80. The molecule has 1 aromatic heterocycles. The van der Waals surface area contributed by atoms with Crippen molar-refractivity contribution in [3.8, 4) is 11.5 Å². The van der Waals surface area contributed by atoms with Crippen LogP contribution in [0, 0.1) is 0 Å². The topological polar surface area (TPSA) is 60.5 Å². The minimum atomic E-state index is -0.330. The summed E-state index contributed by atoms with van der Waals surface area (Å²) in [6, 6.07) is 20.7. The molecule has 0 fully saturated rings. The summed E-state index contributed by atoms with van der Waals surface area (Å²) in [4.78, 5) is 17.1. The summed E-state index contributed by atoms with van der Waals surface area (Å²) in [5.74, 6) is 1.13. The molecule has 0 aliphatic heterocycles. The van der Waals surface area contributed by atoms with E-state index in [2.05, 4.69) is 17.2 Å². The number of carbonyl (C=O) groups excluding carboxylic acids is 1. The quantitative estimate of drug-likeness (QED) is 0.523. The Morgan fingerprint density at radius 2 is 1.87 bits per heavy atom. The van der Waals surface area contributed by atoms with Crippen LogP contribution in [0.5, 0.6) is 11.5 Å². The molecule has 5 heteroatoms. The molecule has 5 nitrogen and oxygen atoms in total. The molecule has 1 N–H and O–H groups in total. The van der Waals surface area contributed by atoms with Gasteiger partial charge in [-0.05, 0) is 47.9 Å². The standard InChI is InChI=1S/C25H26N2O3/c1-3-17-30-22-14-12-19(18-23(22)29-2)13-15-24(28)27-25(20-9-5-4-6-10-20)21-11-7-8-16-26-21/h4-16,18,25H,3,17H2,1-2H3,(H,27,28)/b15-13+. The number of rotatable bonds is 9. The lowest BCUT2D eigenvalue weighted by Crippen LogP contribution is -2.28.